The molecular formula is C18H26N4. The van der Waals surface area contributed by atoms with Gasteiger partial charge in [0.2, 0.25) is 0 Å². The predicted molar refractivity (Wildman–Crippen MR) is 88.5 cm³/mol. The molecule has 2 rings (SSSR count). The van der Waals surface area contributed by atoms with Crippen LogP contribution in [-0.4, -0.2) is 11.4 Å². The molecule has 0 radical (unpaired) electrons. The average molecular weight is 298 g/mol. The average Bonchev–Trinajstić information content (AvgIpc) is 2.57. The van der Waals surface area contributed by atoms with Gasteiger partial charge in [-0.2, -0.15) is 20.7 Å². The summed E-state index contributed by atoms with van der Waals surface area (Å²) in [6.07, 6.45) is 12.4. The fourth-order valence-corrected chi connectivity index (χ4v) is 3.63. The summed E-state index contributed by atoms with van der Waals surface area (Å²) in [6, 6.07) is 4.50. The fraction of sp³-hybridized carbons (Fsp3) is 0.778. The molecule has 2 fully saturated rings. The van der Waals surface area contributed by atoms with Crippen LogP contribution in [0.25, 0.3) is 0 Å². The molecule has 0 aromatic heterocycles. The van der Waals surface area contributed by atoms with E-state index in [4.69, 9.17) is 10.5 Å². The molecule has 0 bridgehead atoms. The molecule has 0 amide bonds. The van der Waals surface area contributed by atoms with Gasteiger partial charge >= 0.3 is 0 Å². The maximum absolute atomic E-state index is 8.79. The van der Waals surface area contributed by atoms with Crippen LogP contribution in [0.1, 0.15) is 77.0 Å². The van der Waals surface area contributed by atoms with Crippen LogP contribution in [0.5, 0.6) is 0 Å². The van der Waals surface area contributed by atoms with Crippen molar-refractivity contribution in [3.63, 3.8) is 0 Å². The molecule has 2 aliphatic carbocycles. The van der Waals surface area contributed by atoms with E-state index in [1.807, 2.05) is 0 Å². The SMILES string of the molecule is N#CCC[C@H]1CCCC/C1=N/N=C1/CCCC[C@@H]1CCC#N. The summed E-state index contributed by atoms with van der Waals surface area (Å²) in [5, 5.41) is 26.8. The molecule has 0 unspecified atom stereocenters. The minimum absolute atomic E-state index is 0.457. The molecule has 0 aromatic carbocycles. The second-order valence-electron chi connectivity index (χ2n) is 6.46. The van der Waals surface area contributed by atoms with Crippen molar-refractivity contribution in [2.45, 2.75) is 77.0 Å². The van der Waals surface area contributed by atoms with Crippen LogP contribution in [0.3, 0.4) is 0 Å². The first-order valence-corrected chi connectivity index (χ1v) is 8.72. The molecule has 0 N–H and O–H groups in total. The molecule has 2 aliphatic rings. The summed E-state index contributed by atoms with van der Waals surface area (Å²) in [6.45, 7) is 0. The third kappa shape index (κ3) is 4.95. The first-order valence-electron chi connectivity index (χ1n) is 8.72. The molecule has 0 spiro atoms. The van der Waals surface area contributed by atoms with E-state index in [1.165, 1.54) is 37.1 Å². The van der Waals surface area contributed by atoms with Crippen molar-refractivity contribution < 1.29 is 0 Å². The van der Waals surface area contributed by atoms with E-state index in [2.05, 4.69) is 22.3 Å². The Morgan fingerprint density at radius 2 is 1.23 bits per heavy atom. The van der Waals surface area contributed by atoms with Crippen molar-refractivity contribution in [1.29, 1.82) is 10.5 Å². The summed E-state index contributed by atoms with van der Waals surface area (Å²) in [4.78, 5) is 0. The van der Waals surface area contributed by atoms with Gasteiger partial charge in [0, 0.05) is 36.1 Å². The maximum Gasteiger partial charge on any atom is 0.0621 e. The van der Waals surface area contributed by atoms with E-state index in [9.17, 15) is 0 Å². The Morgan fingerprint density at radius 3 is 1.64 bits per heavy atom. The fourth-order valence-electron chi connectivity index (χ4n) is 3.63. The monoisotopic (exact) mass is 298 g/mol. The summed E-state index contributed by atoms with van der Waals surface area (Å²) in [5.41, 5.74) is 2.41. The summed E-state index contributed by atoms with van der Waals surface area (Å²) in [5.74, 6) is 0.915. The van der Waals surface area contributed by atoms with Crippen molar-refractivity contribution >= 4 is 11.4 Å². The highest BCUT2D eigenvalue weighted by atomic mass is 15.2. The first-order chi connectivity index (χ1) is 10.8. The predicted octanol–water partition coefficient (Wildman–Crippen LogP) is 4.77. The first kappa shape index (κ1) is 16.7. The van der Waals surface area contributed by atoms with Crippen molar-refractivity contribution in [3.8, 4) is 12.1 Å². The number of rotatable bonds is 5. The van der Waals surface area contributed by atoms with Crippen LogP contribution in [0.4, 0.5) is 0 Å². The molecule has 4 nitrogen and oxygen atoms in total. The van der Waals surface area contributed by atoms with Crippen molar-refractivity contribution in [1.82, 2.24) is 0 Å². The van der Waals surface area contributed by atoms with Crippen LogP contribution in [0, 0.1) is 34.5 Å². The largest absolute Gasteiger partial charge is 0.198 e. The van der Waals surface area contributed by atoms with Gasteiger partial charge in [-0.15, -0.1) is 0 Å². The van der Waals surface area contributed by atoms with Gasteiger partial charge in [-0.3, -0.25) is 0 Å². The van der Waals surface area contributed by atoms with Gasteiger partial charge in [-0.25, -0.2) is 0 Å². The minimum atomic E-state index is 0.457. The Labute approximate surface area is 133 Å². The zero-order valence-electron chi connectivity index (χ0n) is 13.4. The number of nitrogens with zero attached hydrogens (tertiary/aromatic N) is 4. The Morgan fingerprint density at radius 1 is 0.773 bits per heavy atom. The molecule has 4 heteroatoms. The quantitative estimate of drug-likeness (QED) is 0.686. The zero-order valence-corrected chi connectivity index (χ0v) is 13.4. The Balaban J connectivity index is 2.04. The zero-order chi connectivity index (χ0) is 15.6. The lowest BCUT2D eigenvalue weighted by Crippen LogP contribution is -2.21. The van der Waals surface area contributed by atoms with Crippen LogP contribution in [0.2, 0.25) is 0 Å². The van der Waals surface area contributed by atoms with Crippen molar-refractivity contribution in [2.75, 3.05) is 0 Å². The summed E-state index contributed by atoms with van der Waals surface area (Å²) in [7, 11) is 0. The minimum Gasteiger partial charge on any atom is -0.198 e. The van der Waals surface area contributed by atoms with Crippen molar-refractivity contribution in [2.24, 2.45) is 22.0 Å². The van der Waals surface area contributed by atoms with Crippen LogP contribution in [-0.2, 0) is 0 Å². The molecule has 2 atom stereocenters. The smallest absolute Gasteiger partial charge is 0.0621 e. The van der Waals surface area contributed by atoms with E-state index < -0.39 is 0 Å². The normalized spacial score (nSPS) is 29.2. The molecular weight excluding hydrogens is 272 g/mol. The maximum atomic E-state index is 8.79. The van der Waals surface area contributed by atoms with Crippen LogP contribution in [0.15, 0.2) is 10.2 Å². The van der Waals surface area contributed by atoms with Gasteiger partial charge < -0.3 is 0 Å². The summed E-state index contributed by atoms with van der Waals surface area (Å²) >= 11 is 0. The van der Waals surface area contributed by atoms with E-state index in [0.29, 0.717) is 24.7 Å². The van der Waals surface area contributed by atoms with E-state index >= 15 is 0 Å². The highest BCUT2D eigenvalue weighted by Crippen LogP contribution is 2.28. The standard InChI is InChI=1S/C18H26N4/c19-13-5-9-15-7-1-3-11-17(15)21-22-18-12-4-2-8-16(18)10-6-14-20/h15-16H,1-12H2/b21-17-,22-18-/t15-,16-/m1/s1. The highest BCUT2D eigenvalue weighted by Gasteiger charge is 2.22. The van der Waals surface area contributed by atoms with Gasteiger partial charge in [-0.1, -0.05) is 12.8 Å². The molecule has 2 saturated carbocycles. The lowest BCUT2D eigenvalue weighted by molar-refractivity contribution is 0.494. The third-order valence-electron chi connectivity index (χ3n) is 4.93. The number of hydrogen-bond acceptors (Lipinski definition) is 4. The molecule has 118 valence electrons. The lowest BCUT2D eigenvalue weighted by Gasteiger charge is -2.24. The molecule has 0 aliphatic heterocycles. The van der Waals surface area contributed by atoms with Gasteiger partial charge in [-0.05, 0) is 51.4 Å². The van der Waals surface area contributed by atoms with Gasteiger partial charge in [0.05, 0.1) is 12.1 Å². The molecule has 0 aromatic rings. The number of nitriles is 2. The molecule has 22 heavy (non-hydrogen) atoms. The lowest BCUT2D eigenvalue weighted by atomic mass is 9.84. The number of hydrogen-bond donors (Lipinski definition) is 0. The Kier molecular flexibility index (Phi) is 7.10. The van der Waals surface area contributed by atoms with Crippen LogP contribution >= 0.6 is 0 Å². The molecule has 0 heterocycles. The summed E-state index contributed by atoms with van der Waals surface area (Å²) < 4.78 is 0. The second kappa shape index (κ2) is 9.36. The van der Waals surface area contributed by atoms with E-state index in [0.717, 1.165) is 38.5 Å². The van der Waals surface area contributed by atoms with Gasteiger partial charge in [0.15, 0.2) is 0 Å². The second-order valence-corrected chi connectivity index (χ2v) is 6.46. The van der Waals surface area contributed by atoms with E-state index in [1.54, 1.807) is 0 Å². The van der Waals surface area contributed by atoms with Crippen molar-refractivity contribution in [3.05, 3.63) is 0 Å². The van der Waals surface area contributed by atoms with Crippen LogP contribution < -0.4 is 0 Å². The highest BCUT2D eigenvalue weighted by molar-refractivity contribution is 5.90. The topological polar surface area (TPSA) is 72.3 Å². The van der Waals surface area contributed by atoms with Gasteiger partial charge in [0.25, 0.3) is 0 Å². The Hall–Kier alpha value is -1.68. The van der Waals surface area contributed by atoms with E-state index in [-0.39, 0.29) is 0 Å². The van der Waals surface area contributed by atoms with Gasteiger partial charge in [0.1, 0.15) is 0 Å². The Bertz CT molecular complexity index is 446. The third-order valence-corrected chi connectivity index (χ3v) is 4.93. The molecule has 0 saturated heterocycles.